The molecule has 0 radical (unpaired) electrons. The molecule has 0 atom stereocenters. The summed E-state index contributed by atoms with van der Waals surface area (Å²) in [6.45, 7) is 0. The van der Waals surface area contributed by atoms with Crippen LogP contribution in [0.15, 0.2) is 70.2 Å². The largest absolute Gasteiger partial charge is 0.497 e. The van der Waals surface area contributed by atoms with Crippen LogP contribution in [0.2, 0.25) is 0 Å². The van der Waals surface area contributed by atoms with E-state index in [1.165, 1.54) is 20.4 Å². The van der Waals surface area contributed by atoms with Crippen molar-refractivity contribution in [2.45, 2.75) is 0 Å². The number of carbonyl (C=O) groups excluding carboxylic acids is 2. The van der Waals surface area contributed by atoms with Gasteiger partial charge in [0, 0.05) is 15.6 Å². The average molecular weight is 513 g/mol. The van der Waals surface area contributed by atoms with Gasteiger partial charge in [-0.3, -0.25) is 4.79 Å². The zero-order chi connectivity index (χ0) is 23.8. The Morgan fingerprint density at radius 1 is 0.818 bits per heavy atom. The standard InChI is InChI=1S/C24H21BrN2O6/c1-30-19-8-4-15(5-9-19)24(29)33-20-11-7-18(25)12-17(20)14-26-27-23(28)16-6-10-21(31-2)22(13-16)32-3/h4-14H,1-3H3,(H,27,28)/b26-14-. The minimum Gasteiger partial charge on any atom is -0.497 e. The van der Waals surface area contributed by atoms with Crippen molar-refractivity contribution in [2.75, 3.05) is 21.3 Å². The number of ether oxygens (including phenoxy) is 4. The van der Waals surface area contributed by atoms with Crippen molar-refractivity contribution in [3.63, 3.8) is 0 Å². The molecule has 170 valence electrons. The van der Waals surface area contributed by atoms with Gasteiger partial charge in [-0.05, 0) is 60.7 Å². The molecule has 1 amide bonds. The molecular weight excluding hydrogens is 492 g/mol. The van der Waals surface area contributed by atoms with Gasteiger partial charge in [0.2, 0.25) is 0 Å². The quantitative estimate of drug-likeness (QED) is 0.207. The molecule has 0 unspecified atom stereocenters. The summed E-state index contributed by atoms with van der Waals surface area (Å²) in [5, 5.41) is 4.00. The highest BCUT2D eigenvalue weighted by molar-refractivity contribution is 9.10. The van der Waals surface area contributed by atoms with Gasteiger partial charge >= 0.3 is 5.97 Å². The number of carbonyl (C=O) groups is 2. The summed E-state index contributed by atoms with van der Waals surface area (Å²) in [5.74, 6) is 0.864. The van der Waals surface area contributed by atoms with Crippen molar-refractivity contribution in [1.82, 2.24) is 5.43 Å². The smallest absolute Gasteiger partial charge is 0.343 e. The van der Waals surface area contributed by atoms with Crippen LogP contribution in [0.4, 0.5) is 0 Å². The van der Waals surface area contributed by atoms with Crippen molar-refractivity contribution >= 4 is 34.0 Å². The van der Waals surface area contributed by atoms with E-state index in [0.717, 1.165) is 4.47 Å². The first-order valence-corrected chi connectivity index (χ1v) is 10.5. The number of rotatable bonds is 8. The topological polar surface area (TPSA) is 95.5 Å². The van der Waals surface area contributed by atoms with Gasteiger partial charge in [0.25, 0.3) is 5.91 Å². The third-order valence-electron chi connectivity index (χ3n) is 4.52. The monoisotopic (exact) mass is 512 g/mol. The highest BCUT2D eigenvalue weighted by Crippen LogP contribution is 2.27. The Labute approximate surface area is 199 Å². The highest BCUT2D eigenvalue weighted by Gasteiger charge is 2.13. The summed E-state index contributed by atoms with van der Waals surface area (Å²) in [6, 6.07) is 16.4. The normalized spacial score (nSPS) is 10.5. The molecule has 0 fully saturated rings. The van der Waals surface area contributed by atoms with Crippen LogP contribution in [0.25, 0.3) is 0 Å². The fourth-order valence-electron chi connectivity index (χ4n) is 2.80. The number of halogens is 1. The summed E-state index contributed by atoms with van der Waals surface area (Å²) in [7, 11) is 4.54. The number of nitrogens with zero attached hydrogens (tertiary/aromatic N) is 1. The Morgan fingerprint density at radius 2 is 1.48 bits per heavy atom. The van der Waals surface area contributed by atoms with Crippen molar-refractivity contribution in [3.8, 4) is 23.0 Å². The second-order valence-electron chi connectivity index (χ2n) is 6.57. The predicted octanol–water partition coefficient (Wildman–Crippen LogP) is 4.46. The molecule has 33 heavy (non-hydrogen) atoms. The van der Waals surface area contributed by atoms with Crippen LogP contribution in [0.5, 0.6) is 23.0 Å². The summed E-state index contributed by atoms with van der Waals surface area (Å²) in [5.41, 5.74) is 3.63. The first-order chi connectivity index (χ1) is 15.9. The first kappa shape index (κ1) is 23.8. The minimum absolute atomic E-state index is 0.281. The van der Waals surface area contributed by atoms with E-state index in [0.29, 0.717) is 33.9 Å². The summed E-state index contributed by atoms with van der Waals surface area (Å²) < 4.78 is 21.8. The van der Waals surface area contributed by atoms with Gasteiger partial charge in [0.1, 0.15) is 11.5 Å². The molecule has 0 aliphatic heterocycles. The van der Waals surface area contributed by atoms with Crippen molar-refractivity contribution in [2.24, 2.45) is 5.10 Å². The van der Waals surface area contributed by atoms with Crippen molar-refractivity contribution in [3.05, 3.63) is 81.8 Å². The van der Waals surface area contributed by atoms with E-state index in [1.807, 2.05) is 0 Å². The lowest BCUT2D eigenvalue weighted by molar-refractivity contribution is 0.0734. The van der Waals surface area contributed by atoms with E-state index >= 15 is 0 Å². The zero-order valence-corrected chi connectivity index (χ0v) is 19.7. The maximum absolute atomic E-state index is 12.5. The molecular formula is C24H21BrN2O6. The Balaban J connectivity index is 1.73. The van der Waals surface area contributed by atoms with Gasteiger partial charge in [-0.25, -0.2) is 10.2 Å². The van der Waals surface area contributed by atoms with Gasteiger partial charge in [-0.1, -0.05) is 15.9 Å². The molecule has 3 rings (SSSR count). The molecule has 0 saturated heterocycles. The molecule has 1 N–H and O–H groups in total. The summed E-state index contributed by atoms with van der Waals surface area (Å²) in [6.07, 6.45) is 1.39. The predicted molar refractivity (Wildman–Crippen MR) is 127 cm³/mol. The number of benzene rings is 3. The third kappa shape index (κ3) is 6.11. The highest BCUT2D eigenvalue weighted by atomic mass is 79.9. The average Bonchev–Trinajstić information content (AvgIpc) is 2.84. The van der Waals surface area contributed by atoms with Crippen LogP contribution in [0, 0.1) is 0 Å². The lowest BCUT2D eigenvalue weighted by Gasteiger charge is -2.09. The van der Waals surface area contributed by atoms with E-state index in [-0.39, 0.29) is 5.75 Å². The number of amides is 1. The van der Waals surface area contributed by atoms with Gasteiger partial charge in [0.05, 0.1) is 33.1 Å². The molecule has 0 aliphatic rings. The fourth-order valence-corrected chi connectivity index (χ4v) is 3.18. The number of hydrazone groups is 1. The van der Waals surface area contributed by atoms with Gasteiger partial charge in [-0.15, -0.1) is 0 Å². The molecule has 8 nitrogen and oxygen atoms in total. The van der Waals surface area contributed by atoms with Crippen molar-refractivity contribution in [1.29, 1.82) is 0 Å². The summed E-state index contributed by atoms with van der Waals surface area (Å²) in [4.78, 5) is 25.0. The lowest BCUT2D eigenvalue weighted by Crippen LogP contribution is -2.18. The van der Waals surface area contributed by atoms with Gasteiger partial charge < -0.3 is 18.9 Å². The Bertz CT molecular complexity index is 1180. The van der Waals surface area contributed by atoms with E-state index in [4.69, 9.17) is 18.9 Å². The molecule has 0 spiro atoms. The summed E-state index contributed by atoms with van der Waals surface area (Å²) >= 11 is 3.38. The van der Waals surface area contributed by atoms with Crippen LogP contribution >= 0.6 is 15.9 Å². The Morgan fingerprint density at radius 3 is 2.15 bits per heavy atom. The molecule has 0 heterocycles. The van der Waals surface area contributed by atoms with Gasteiger partial charge in [0.15, 0.2) is 11.5 Å². The SMILES string of the molecule is COc1ccc(C(=O)Oc2ccc(Br)cc2/C=N\NC(=O)c2ccc(OC)c(OC)c2)cc1. The molecule has 0 bridgehead atoms. The molecule has 9 heteroatoms. The van der Waals surface area contributed by atoms with Crippen LogP contribution in [0.1, 0.15) is 26.3 Å². The number of nitrogens with one attached hydrogen (secondary N) is 1. The Kier molecular flexibility index (Phi) is 8.04. The lowest BCUT2D eigenvalue weighted by atomic mass is 10.2. The van der Waals surface area contributed by atoms with Gasteiger partial charge in [-0.2, -0.15) is 5.10 Å². The second kappa shape index (κ2) is 11.1. The minimum atomic E-state index is -0.538. The van der Waals surface area contributed by atoms with Crippen molar-refractivity contribution < 1.29 is 28.5 Å². The Hall–Kier alpha value is -3.85. The fraction of sp³-hybridized carbons (Fsp3) is 0.125. The second-order valence-corrected chi connectivity index (χ2v) is 7.48. The van der Waals surface area contributed by atoms with Crippen LogP contribution in [-0.4, -0.2) is 39.4 Å². The molecule has 3 aromatic carbocycles. The first-order valence-electron chi connectivity index (χ1n) is 9.66. The van der Waals surface area contributed by atoms with E-state index in [2.05, 4.69) is 26.5 Å². The third-order valence-corrected chi connectivity index (χ3v) is 5.01. The zero-order valence-electron chi connectivity index (χ0n) is 18.1. The molecule has 0 aromatic heterocycles. The van der Waals surface area contributed by atoms with E-state index < -0.39 is 11.9 Å². The number of methoxy groups -OCH3 is 3. The maximum Gasteiger partial charge on any atom is 0.343 e. The van der Waals surface area contributed by atoms with Crippen LogP contribution in [0.3, 0.4) is 0 Å². The molecule has 0 saturated carbocycles. The number of hydrogen-bond donors (Lipinski definition) is 1. The molecule has 0 aliphatic carbocycles. The maximum atomic E-state index is 12.5. The molecule has 3 aromatic rings. The van der Waals surface area contributed by atoms with E-state index in [1.54, 1.807) is 67.8 Å². The van der Waals surface area contributed by atoms with Crippen LogP contribution in [-0.2, 0) is 0 Å². The number of hydrogen-bond acceptors (Lipinski definition) is 7. The van der Waals surface area contributed by atoms with Crippen LogP contribution < -0.4 is 24.4 Å². The van der Waals surface area contributed by atoms with E-state index in [9.17, 15) is 9.59 Å². The number of esters is 1.